The van der Waals surface area contributed by atoms with Crippen LogP contribution in [0.2, 0.25) is 0 Å². The molecule has 2 rings (SSSR count). The maximum Gasteiger partial charge on any atom is 0.0966 e. The van der Waals surface area contributed by atoms with E-state index in [0.29, 0.717) is 6.42 Å². The summed E-state index contributed by atoms with van der Waals surface area (Å²) in [5.74, 6) is 0.130. The summed E-state index contributed by atoms with van der Waals surface area (Å²) in [6, 6.07) is 18.1. The van der Waals surface area contributed by atoms with Crippen LogP contribution in [0.3, 0.4) is 0 Å². The van der Waals surface area contributed by atoms with Crippen LogP contribution in [0, 0.1) is 5.41 Å². The summed E-state index contributed by atoms with van der Waals surface area (Å²) in [7, 11) is 0. The molecule has 3 N–H and O–H groups in total. The lowest BCUT2D eigenvalue weighted by Gasteiger charge is -2.08. The number of para-hydroxylation sites is 1. The summed E-state index contributed by atoms with van der Waals surface area (Å²) in [6.07, 6.45) is 2.53. The lowest BCUT2D eigenvalue weighted by Crippen LogP contribution is -2.16. The van der Waals surface area contributed by atoms with Crippen molar-refractivity contribution < 1.29 is 0 Å². The maximum atomic E-state index is 7.57. The van der Waals surface area contributed by atoms with Crippen molar-refractivity contribution in [2.45, 2.75) is 26.2 Å². The lowest BCUT2D eigenvalue weighted by molar-refractivity contribution is 0.921. The van der Waals surface area contributed by atoms with E-state index < -0.39 is 0 Å². The molecule has 0 amide bonds. The molecular formula is C18H21N3. The number of nitrogens with two attached hydrogens (primary N) is 1. The van der Waals surface area contributed by atoms with Crippen LogP contribution in [0.1, 0.15) is 30.9 Å². The fourth-order valence-corrected chi connectivity index (χ4v) is 2.24. The molecule has 108 valence electrons. The molecule has 3 nitrogen and oxygen atoms in total. The van der Waals surface area contributed by atoms with Gasteiger partial charge in [-0.2, -0.15) is 0 Å². The summed E-state index contributed by atoms with van der Waals surface area (Å²) in [5, 5.41) is 7.57. The van der Waals surface area contributed by atoms with E-state index in [0.717, 1.165) is 29.8 Å². The lowest BCUT2D eigenvalue weighted by atomic mass is 10.0. The first-order chi connectivity index (χ1) is 10.2. The van der Waals surface area contributed by atoms with Crippen molar-refractivity contribution in [2.75, 3.05) is 0 Å². The third-order valence-corrected chi connectivity index (χ3v) is 3.18. The number of hydrogen-bond donors (Lipinski definition) is 2. The highest BCUT2D eigenvalue weighted by Gasteiger charge is 2.07. The zero-order valence-corrected chi connectivity index (χ0v) is 12.3. The topological polar surface area (TPSA) is 62.2 Å². The molecular weight excluding hydrogens is 258 g/mol. The molecule has 21 heavy (non-hydrogen) atoms. The van der Waals surface area contributed by atoms with Crippen LogP contribution in [-0.4, -0.2) is 11.5 Å². The Bertz CT molecular complexity index is 630. The summed E-state index contributed by atoms with van der Waals surface area (Å²) >= 11 is 0. The third kappa shape index (κ3) is 4.56. The number of aryl methyl sites for hydroxylation is 1. The highest BCUT2D eigenvalue weighted by molar-refractivity contribution is 6.11. The van der Waals surface area contributed by atoms with Crippen molar-refractivity contribution in [3.8, 4) is 0 Å². The normalized spacial score (nSPS) is 11.4. The molecule has 0 saturated heterocycles. The van der Waals surface area contributed by atoms with Gasteiger partial charge >= 0.3 is 0 Å². The van der Waals surface area contributed by atoms with E-state index in [2.05, 4.69) is 24.0 Å². The second-order valence-electron chi connectivity index (χ2n) is 5.05. The molecule has 0 unspecified atom stereocenters. The molecule has 2 aromatic carbocycles. The van der Waals surface area contributed by atoms with Crippen molar-refractivity contribution in [1.82, 2.24) is 0 Å². The van der Waals surface area contributed by atoms with Crippen LogP contribution in [0.15, 0.2) is 59.6 Å². The van der Waals surface area contributed by atoms with Crippen LogP contribution in [0.25, 0.3) is 0 Å². The van der Waals surface area contributed by atoms with Gasteiger partial charge in [0.15, 0.2) is 0 Å². The predicted molar refractivity (Wildman–Crippen MR) is 89.6 cm³/mol. The molecule has 0 spiro atoms. The monoisotopic (exact) mass is 279 g/mol. The van der Waals surface area contributed by atoms with Gasteiger partial charge < -0.3 is 5.73 Å². The van der Waals surface area contributed by atoms with Crippen LogP contribution < -0.4 is 5.73 Å². The molecule has 0 aromatic heterocycles. The SMILES string of the molecule is CCCc1cccc(C(CC(=N)N)=Nc2ccccc2)c1. The molecule has 0 saturated carbocycles. The van der Waals surface area contributed by atoms with Gasteiger partial charge in [0.2, 0.25) is 0 Å². The Hall–Kier alpha value is -2.42. The summed E-state index contributed by atoms with van der Waals surface area (Å²) in [5.41, 5.74) is 9.64. The zero-order chi connectivity index (χ0) is 15.1. The summed E-state index contributed by atoms with van der Waals surface area (Å²) < 4.78 is 0. The minimum atomic E-state index is 0.130. The van der Waals surface area contributed by atoms with E-state index in [1.807, 2.05) is 42.5 Å². The Labute approximate surface area is 126 Å². The first-order valence-corrected chi connectivity index (χ1v) is 7.24. The maximum absolute atomic E-state index is 7.57. The second-order valence-corrected chi connectivity index (χ2v) is 5.05. The van der Waals surface area contributed by atoms with Gasteiger partial charge in [-0.05, 0) is 35.7 Å². The Morgan fingerprint density at radius 2 is 1.86 bits per heavy atom. The van der Waals surface area contributed by atoms with Crippen LogP contribution >= 0.6 is 0 Å². The van der Waals surface area contributed by atoms with Crippen molar-refractivity contribution in [2.24, 2.45) is 10.7 Å². The first kappa shape index (κ1) is 15.0. The number of amidine groups is 1. The standard InChI is InChI=1S/C18H21N3/c1-2-7-14-8-6-9-15(12-14)17(13-18(19)20)21-16-10-4-3-5-11-16/h3-6,8-12H,2,7,13H2,1H3,(H3,19,20). The Morgan fingerprint density at radius 1 is 1.10 bits per heavy atom. The molecule has 0 atom stereocenters. The molecule has 0 bridgehead atoms. The van der Waals surface area contributed by atoms with Gasteiger partial charge in [0, 0.05) is 6.42 Å². The number of benzene rings is 2. The van der Waals surface area contributed by atoms with Crippen molar-refractivity contribution >= 4 is 17.2 Å². The molecule has 0 aliphatic carbocycles. The van der Waals surface area contributed by atoms with Gasteiger partial charge in [0.05, 0.1) is 17.2 Å². The smallest absolute Gasteiger partial charge is 0.0966 e. The van der Waals surface area contributed by atoms with E-state index in [4.69, 9.17) is 11.1 Å². The van der Waals surface area contributed by atoms with E-state index in [1.165, 1.54) is 5.56 Å². The van der Waals surface area contributed by atoms with Crippen LogP contribution in [0.4, 0.5) is 5.69 Å². The van der Waals surface area contributed by atoms with Crippen molar-refractivity contribution in [3.05, 3.63) is 65.7 Å². The highest BCUT2D eigenvalue weighted by Crippen LogP contribution is 2.16. The Morgan fingerprint density at radius 3 is 2.52 bits per heavy atom. The number of hydrogen-bond acceptors (Lipinski definition) is 2. The minimum Gasteiger partial charge on any atom is -0.387 e. The fraction of sp³-hybridized carbons (Fsp3) is 0.222. The quantitative estimate of drug-likeness (QED) is 0.607. The molecule has 0 aliphatic heterocycles. The van der Waals surface area contributed by atoms with Crippen molar-refractivity contribution in [1.29, 1.82) is 5.41 Å². The average Bonchev–Trinajstić information content (AvgIpc) is 2.48. The molecule has 0 fully saturated rings. The van der Waals surface area contributed by atoms with Crippen LogP contribution in [-0.2, 0) is 6.42 Å². The first-order valence-electron chi connectivity index (χ1n) is 7.24. The Balaban J connectivity index is 2.38. The van der Waals surface area contributed by atoms with E-state index in [1.54, 1.807) is 0 Å². The minimum absolute atomic E-state index is 0.130. The summed E-state index contributed by atoms with van der Waals surface area (Å²) in [6.45, 7) is 2.17. The van der Waals surface area contributed by atoms with Crippen LogP contribution in [0.5, 0.6) is 0 Å². The highest BCUT2D eigenvalue weighted by atomic mass is 14.8. The van der Waals surface area contributed by atoms with E-state index in [-0.39, 0.29) is 5.84 Å². The van der Waals surface area contributed by atoms with Gasteiger partial charge in [0.1, 0.15) is 0 Å². The largest absolute Gasteiger partial charge is 0.387 e. The molecule has 2 aromatic rings. The molecule has 0 radical (unpaired) electrons. The summed E-state index contributed by atoms with van der Waals surface area (Å²) in [4.78, 5) is 4.67. The molecule has 0 heterocycles. The van der Waals surface area contributed by atoms with Gasteiger partial charge in [-0.3, -0.25) is 10.4 Å². The van der Waals surface area contributed by atoms with Gasteiger partial charge in [-0.15, -0.1) is 0 Å². The number of aliphatic imine (C=N–C) groups is 1. The van der Waals surface area contributed by atoms with E-state index >= 15 is 0 Å². The third-order valence-electron chi connectivity index (χ3n) is 3.18. The van der Waals surface area contributed by atoms with Crippen molar-refractivity contribution in [3.63, 3.8) is 0 Å². The Kier molecular flexibility index (Phi) is 5.27. The van der Waals surface area contributed by atoms with Gasteiger partial charge in [0.25, 0.3) is 0 Å². The van der Waals surface area contributed by atoms with E-state index in [9.17, 15) is 0 Å². The number of nitrogens with one attached hydrogen (secondary N) is 1. The molecule has 3 heteroatoms. The van der Waals surface area contributed by atoms with Gasteiger partial charge in [-0.1, -0.05) is 49.7 Å². The zero-order valence-electron chi connectivity index (χ0n) is 12.3. The predicted octanol–water partition coefficient (Wildman–Crippen LogP) is 4.09. The van der Waals surface area contributed by atoms with Gasteiger partial charge in [-0.25, -0.2) is 0 Å². The molecule has 0 aliphatic rings. The fourth-order valence-electron chi connectivity index (χ4n) is 2.24. The average molecular weight is 279 g/mol. The second kappa shape index (κ2) is 7.39. The number of nitrogens with zero attached hydrogens (tertiary/aromatic N) is 1. The number of rotatable bonds is 6.